The zero-order valence-corrected chi connectivity index (χ0v) is 14.9. The molecule has 2 heterocycles. The molecule has 1 aromatic heterocycles. The van der Waals surface area contributed by atoms with Crippen LogP contribution >= 0.6 is 0 Å². The van der Waals surface area contributed by atoms with E-state index in [4.69, 9.17) is 0 Å². The van der Waals surface area contributed by atoms with Crippen LogP contribution in [0.2, 0.25) is 0 Å². The van der Waals surface area contributed by atoms with Crippen LogP contribution in [-0.4, -0.2) is 45.5 Å². The molecule has 0 saturated carbocycles. The van der Waals surface area contributed by atoms with Crippen LogP contribution in [0, 0.1) is 0 Å². The molecule has 1 N–H and O–H groups in total. The Bertz CT molecular complexity index is 776. The van der Waals surface area contributed by atoms with E-state index in [1.165, 1.54) is 6.07 Å². The zero-order chi connectivity index (χ0) is 18.9. The van der Waals surface area contributed by atoms with Gasteiger partial charge in [-0.1, -0.05) is 12.1 Å². The summed E-state index contributed by atoms with van der Waals surface area (Å²) in [7, 11) is 0. The SMILES string of the molecule is CC(C)N1CCC(NC(=O)Cn2c(C(F)(F)F)nc3ccccc32)CC1. The maximum Gasteiger partial charge on any atom is 0.449 e. The van der Waals surface area contributed by atoms with Crippen molar-refractivity contribution in [2.45, 2.75) is 51.5 Å². The summed E-state index contributed by atoms with van der Waals surface area (Å²) < 4.78 is 40.8. The molecule has 5 nitrogen and oxygen atoms in total. The number of fused-ring (bicyclic) bond motifs is 1. The van der Waals surface area contributed by atoms with Crippen LogP contribution in [0.25, 0.3) is 11.0 Å². The number of hydrogen-bond donors (Lipinski definition) is 1. The van der Waals surface area contributed by atoms with Crippen molar-refractivity contribution in [2.24, 2.45) is 0 Å². The number of nitrogens with one attached hydrogen (secondary N) is 1. The molecule has 26 heavy (non-hydrogen) atoms. The maximum absolute atomic E-state index is 13.3. The molecule has 1 saturated heterocycles. The second-order valence-electron chi connectivity index (χ2n) is 6.98. The molecule has 1 aliphatic heterocycles. The zero-order valence-electron chi connectivity index (χ0n) is 14.9. The molecule has 2 aromatic rings. The first kappa shape index (κ1) is 18.7. The molecule has 3 rings (SSSR count). The molecule has 1 amide bonds. The first-order valence-corrected chi connectivity index (χ1v) is 8.81. The van der Waals surface area contributed by atoms with E-state index in [2.05, 4.69) is 29.0 Å². The number of rotatable bonds is 4. The minimum Gasteiger partial charge on any atom is -0.352 e. The summed E-state index contributed by atoms with van der Waals surface area (Å²) in [5.41, 5.74) is 0.544. The van der Waals surface area contributed by atoms with E-state index in [0.717, 1.165) is 30.5 Å². The van der Waals surface area contributed by atoms with E-state index < -0.39 is 17.9 Å². The van der Waals surface area contributed by atoms with Crippen molar-refractivity contribution in [1.29, 1.82) is 0 Å². The van der Waals surface area contributed by atoms with Gasteiger partial charge in [-0.05, 0) is 38.8 Å². The number of para-hydroxylation sites is 2. The van der Waals surface area contributed by atoms with E-state index >= 15 is 0 Å². The third-order valence-corrected chi connectivity index (χ3v) is 4.83. The molecule has 1 fully saturated rings. The largest absolute Gasteiger partial charge is 0.449 e. The Morgan fingerprint density at radius 1 is 1.27 bits per heavy atom. The molecule has 0 atom stereocenters. The summed E-state index contributed by atoms with van der Waals surface area (Å²) in [6.45, 7) is 5.62. The van der Waals surface area contributed by atoms with Gasteiger partial charge in [-0.25, -0.2) is 4.98 Å². The lowest BCUT2D eigenvalue weighted by Gasteiger charge is -2.34. The smallest absolute Gasteiger partial charge is 0.352 e. The third kappa shape index (κ3) is 4.00. The normalized spacial score (nSPS) is 17.2. The molecule has 8 heteroatoms. The van der Waals surface area contributed by atoms with Crippen LogP contribution in [0.3, 0.4) is 0 Å². The average molecular weight is 368 g/mol. The summed E-state index contributed by atoms with van der Waals surface area (Å²) >= 11 is 0. The molecule has 0 radical (unpaired) electrons. The highest BCUT2D eigenvalue weighted by atomic mass is 19.4. The van der Waals surface area contributed by atoms with E-state index in [0.29, 0.717) is 11.6 Å². The standard InChI is InChI=1S/C18H23F3N4O/c1-12(2)24-9-7-13(8-10-24)22-16(26)11-25-15-6-4-3-5-14(15)23-17(25)18(19,20)21/h3-6,12-13H,7-11H2,1-2H3,(H,22,26). The van der Waals surface area contributed by atoms with Gasteiger partial charge in [0.15, 0.2) is 0 Å². The number of imidazole rings is 1. The molecular weight excluding hydrogens is 345 g/mol. The summed E-state index contributed by atoms with van der Waals surface area (Å²) in [5, 5.41) is 2.88. The summed E-state index contributed by atoms with van der Waals surface area (Å²) in [6, 6.07) is 6.79. The van der Waals surface area contributed by atoms with Gasteiger partial charge in [0.05, 0.1) is 11.0 Å². The van der Waals surface area contributed by atoms with Crippen LogP contribution in [-0.2, 0) is 17.5 Å². The predicted molar refractivity (Wildman–Crippen MR) is 92.6 cm³/mol. The van der Waals surface area contributed by atoms with Gasteiger partial charge in [-0.15, -0.1) is 0 Å². The molecule has 0 aliphatic carbocycles. The molecule has 0 bridgehead atoms. The second-order valence-corrected chi connectivity index (χ2v) is 6.98. The number of carbonyl (C=O) groups is 1. The van der Waals surface area contributed by atoms with Gasteiger partial charge in [0.2, 0.25) is 11.7 Å². The molecule has 0 spiro atoms. The molecular formula is C18H23F3N4O. The average Bonchev–Trinajstić information content (AvgIpc) is 2.94. The van der Waals surface area contributed by atoms with E-state index in [9.17, 15) is 18.0 Å². The summed E-state index contributed by atoms with van der Waals surface area (Å²) in [4.78, 5) is 18.4. The Morgan fingerprint density at radius 3 is 2.54 bits per heavy atom. The van der Waals surface area contributed by atoms with Gasteiger partial charge in [0, 0.05) is 25.2 Å². The number of halogens is 3. The van der Waals surface area contributed by atoms with Gasteiger partial charge in [-0.3, -0.25) is 4.79 Å². The Labute approximate surface area is 150 Å². The van der Waals surface area contributed by atoms with Crippen molar-refractivity contribution in [1.82, 2.24) is 19.8 Å². The fourth-order valence-electron chi connectivity index (χ4n) is 3.43. The van der Waals surface area contributed by atoms with E-state index in [-0.39, 0.29) is 18.1 Å². The number of alkyl halides is 3. The van der Waals surface area contributed by atoms with Gasteiger partial charge in [-0.2, -0.15) is 13.2 Å². The lowest BCUT2D eigenvalue weighted by atomic mass is 10.0. The first-order valence-electron chi connectivity index (χ1n) is 8.81. The maximum atomic E-state index is 13.3. The minimum absolute atomic E-state index is 0.00150. The molecule has 1 aromatic carbocycles. The number of nitrogens with zero attached hydrogens (tertiary/aromatic N) is 3. The number of amides is 1. The van der Waals surface area contributed by atoms with Crippen LogP contribution < -0.4 is 5.32 Å². The Balaban J connectivity index is 1.72. The number of piperidine rings is 1. The van der Waals surface area contributed by atoms with Crippen molar-refractivity contribution in [2.75, 3.05) is 13.1 Å². The van der Waals surface area contributed by atoms with Crippen molar-refractivity contribution >= 4 is 16.9 Å². The van der Waals surface area contributed by atoms with E-state index in [1.54, 1.807) is 18.2 Å². The minimum atomic E-state index is -4.61. The third-order valence-electron chi connectivity index (χ3n) is 4.83. The fraction of sp³-hybridized carbons (Fsp3) is 0.556. The van der Waals surface area contributed by atoms with Crippen LogP contribution in [0.1, 0.15) is 32.5 Å². The van der Waals surface area contributed by atoms with Gasteiger partial charge in [0.1, 0.15) is 6.54 Å². The lowest BCUT2D eigenvalue weighted by molar-refractivity contribution is -0.147. The Morgan fingerprint density at radius 2 is 1.92 bits per heavy atom. The van der Waals surface area contributed by atoms with Crippen molar-refractivity contribution < 1.29 is 18.0 Å². The van der Waals surface area contributed by atoms with Crippen molar-refractivity contribution in [3.63, 3.8) is 0 Å². The predicted octanol–water partition coefficient (Wildman–Crippen LogP) is 3.04. The summed E-state index contributed by atoms with van der Waals surface area (Å²) in [5.74, 6) is -1.45. The van der Waals surface area contributed by atoms with Crippen molar-refractivity contribution in [3.8, 4) is 0 Å². The quantitative estimate of drug-likeness (QED) is 0.903. The number of carbonyl (C=O) groups excluding carboxylic acids is 1. The first-order chi connectivity index (χ1) is 12.3. The van der Waals surface area contributed by atoms with Crippen LogP contribution in [0.4, 0.5) is 13.2 Å². The van der Waals surface area contributed by atoms with E-state index in [1.807, 2.05) is 0 Å². The monoisotopic (exact) mass is 368 g/mol. The van der Waals surface area contributed by atoms with Gasteiger partial charge < -0.3 is 14.8 Å². The fourth-order valence-corrected chi connectivity index (χ4v) is 3.43. The summed E-state index contributed by atoms with van der Waals surface area (Å²) in [6.07, 6.45) is -3.00. The molecule has 0 unspecified atom stereocenters. The van der Waals surface area contributed by atoms with Gasteiger partial charge in [0.25, 0.3) is 0 Å². The van der Waals surface area contributed by atoms with Crippen LogP contribution in [0.5, 0.6) is 0 Å². The highest BCUT2D eigenvalue weighted by Crippen LogP contribution is 2.31. The highest BCUT2D eigenvalue weighted by Gasteiger charge is 2.38. The lowest BCUT2D eigenvalue weighted by Crippen LogP contribution is -2.47. The Kier molecular flexibility index (Phi) is 5.22. The Hall–Kier alpha value is -2.09. The highest BCUT2D eigenvalue weighted by molar-refractivity contribution is 5.81. The number of likely N-dealkylation sites (tertiary alicyclic amines) is 1. The van der Waals surface area contributed by atoms with Gasteiger partial charge >= 0.3 is 6.18 Å². The van der Waals surface area contributed by atoms with Crippen molar-refractivity contribution in [3.05, 3.63) is 30.1 Å². The second kappa shape index (κ2) is 7.26. The topological polar surface area (TPSA) is 50.2 Å². The number of hydrogen-bond acceptors (Lipinski definition) is 3. The number of aromatic nitrogens is 2. The number of benzene rings is 1. The molecule has 142 valence electrons. The molecule has 1 aliphatic rings. The van der Waals surface area contributed by atoms with Crippen LogP contribution in [0.15, 0.2) is 24.3 Å².